The summed E-state index contributed by atoms with van der Waals surface area (Å²) in [5.74, 6) is -0.846. The van der Waals surface area contributed by atoms with Gasteiger partial charge in [-0.25, -0.2) is 0 Å². The van der Waals surface area contributed by atoms with Gasteiger partial charge in [-0.1, -0.05) is 30.3 Å². The zero-order valence-corrected chi connectivity index (χ0v) is 15.6. The lowest BCUT2D eigenvalue weighted by molar-refractivity contribution is -0.125. The molecule has 0 aromatic heterocycles. The van der Waals surface area contributed by atoms with E-state index in [9.17, 15) is 9.59 Å². The maximum absolute atomic E-state index is 12.6. The van der Waals surface area contributed by atoms with Gasteiger partial charge >= 0.3 is 0 Å². The van der Waals surface area contributed by atoms with E-state index in [1.807, 2.05) is 42.5 Å². The second-order valence-electron chi connectivity index (χ2n) is 5.86. The summed E-state index contributed by atoms with van der Waals surface area (Å²) in [5.41, 5.74) is 11.2. The van der Waals surface area contributed by atoms with Crippen LogP contribution in [-0.2, 0) is 9.59 Å². The molecule has 1 atom stereocenters. The van der Waals surface area contributed by atoms with Crippen molar-refractivity contribution in [3.63, 3.8) is 0 Å². The number of guanidine groups is 1. The third-order valence-electron chi connectivity index (χ3n) is 3.84. The Morgan fingerprint density at radius 1 is 1.11 bits per heavy atom. The molecule has 0 radical (unpaired) electrons. The lowest BCUT2D eigenvalue weighted by atomic mass is 10.1. The molecule has 0 unspecified atom stereocenters. The molecule has 0 aliphatic carbocycles. The lowest BCUT2D eigenvalue weighted by Crippen LogP contribution is -2.46. The van der Waals surface area contributed by atoms with E-state index in [1.54, 1.807) is 0 Å². The van der Waals surface area contributed by atoms with E-state index < -0.39 is 11.9 Å². The fourth-order valence-corrected chi connectivity index (χ4v) is 2.55. The summed E-state index contributed by atoms with van der Waals surface area (Å²) < 4.78 is 0. The van der Waals surface area contributed by atoms with E-state index in [-0.39, 0.29) is 30.8 Å². The van der Waals surface area contributed by atoms with Gasteiger partial charge in [0.2, 0.25) is 11.8 Å². The van der Waals surface area contributed by atoms with Crippen LogP contribution in [0.3, 0.4) is 0 Å². The molecule has 9 heteroatoms. The van der Waals surface area contributed by atoms with Gasteiger partial charge in [-0.2, -0.15) is 0 Å². The minimum Gasteiger partial charge on any atom is -0.370 e. The fraction of sp³-hybridized carbons (Fsp3) is 0.278. The SMILES string of the molecule is Cl.N=C(N)NCCC[C@H](NC(=O)CN)C(=O)Nc1ccc2ccccc2c1. The highest BCUT2D eigenvalue weighted by Crippen LogP contribution is 2.19. The summed E-state index contributed by atoms with van der Waals surface area (Å²) in [5, 5.41) is 17.3. The zero-order chi connectivity index (χ0) is 18.9. The quantitative estimate of drug-likeness (QED) is 0.224. The Bertz CT molecular complexity index is 798. The first-order valence-electron chi connectivity index (χ1n) is 8.36. The molecule has 2 amide bonds. The number of hydrogen-bond acceptors (Lipinski definition) is 4. The Morgan fingerprint density at radius 2 is 1.81 bits per heavy atom. The van der Waals surface area contributed by atoms with Crippen molar-refractivity contribution in [3.8, 4) is 0 Å². The predicted octanol–water partition coefficient (Wildman–Crippen LogP) is 0.907. The highest BCUT2D eigenvalue weighted by molar-refractivity contribution is 5.99. The number of nitrogens with two attached hydrogens (primary N) is 2. The van der Waals surface area contributed by atoms with Crippen LogP contribution in [0.25, 0.3) is 10.8 Å². The predicted molar refractivity (Wildman–Crippen MR) is 110 cm³/mol. The molecule has 0 saturated heterocycles. The van der Waals surface area contributed by atoms with E-state index in [2.05, 4.69) is 16.0 Å². The van der Waals surface area contributed by atoms with Gasteiger partial charge in [0.1, 0.15) is 6.04 Å². The van der Waals surface area contributed by atoms with Crippen molar-refractivity contribution < 1.29 is 9.59 Å². The Balaban J connectivity index is 0.00000364. The Kier molecular flexibility index (Phi) is 9.04. The second-order valence-corrected chi connectivity index (χ2v) is 5.86. The van der Waals surface area contributed by atoms with Gasteiger partial charge in [0.25, 0.3) is 0 Å². The van der Waals surface area contributed by atoms with Crippen LogP contribution in [0.1, 0.15) is 12.8 Å². The number of carbonyl (C=O) groups is 2. The number of rotatable bonds is 8. The number of nitrogens with one attached hydrogen (secondary N) is 4. The summed E-state index contributed by atoms with van der Waals surface area (Å²) in [6.45, 7) is 0.249. The minimum absolute atomic E-state index is 0. The van der Waals surface area contributed by atoms with Crippen molar-refractivity contribution in [1.82, 2.24) is 10.6 Å². The average Bonchev–Trinajstić information content (AvgIpc) is 2.63. The average molecular weight is 393 g/mol. The van der Waals surface area contributed by atoms with Gasteiger partial charge in [0.15, 0.2) is 5.96 Å². The number of hydrogen-bond donors (Lipinski definition) is 6. The number of amides is 2. The minimum atomic E-state index is -0.716. The first-order chi connectivity index (χ1) is 12.5. The maximum atomic E-state index is 12.6. The number of carbonyl (C=O) groups excluding carboxylic acids is 2. The summed E-state index contributed by atoms with van der Waals surface area (Å²) in [7, 11) is 0. The fourth-order valence-electron chi connectivity index (χ4n) is 2.55. The molecule has 146 valence electrons. The second kappa shape index (κ2) is 11.0. The first-order valence-corrected chi connectivity index (χ1v) is 8.36. The largest absolute Gasteiger partial charge is 0.370 e. The molecule has 8 nitrogen and oxygen atoms in total. The van der Waals surface area contributed by atoms with Gasteiger partial charge < -0.3 is 27.4 Å². The molecule has 2 aromatic carbocycles. The monoisotopic (exact) mass is 392 g/mol. The van der Waals surface area contributed by atoms with Crippen LogP contribution in [0.2, 0.25) is 0 Å². The molecule has 0 fully saturated rings. The third kappa shape index (κ3) is 7.12. The third-order valence-corrected chi connectivity index (χ3v) is 3.84. The highest BCUT2D eigenvalue weighted by Gasteiger charge is 2.20. The van der Waals surface area contributed by atoms with Crippen molar-refractivity contribution >= 4 is 46.6 Å². The molecule has 0 bridgehead atoms. The number of benzene rings is 2. The molecule has 8 N–H and O–H groups in total. The van der Waals surface area contributed by atoms with Crippen molar-refractivity contribution in [2.75, 3.05) is 18.4 Å². The highest BCUT2D eigenvalue weighted by atomic mass is 35.5. The van der Waals surface area contributed by atoms with Crippen LogP contribution in [0.15, 0.2) is 42.5 Å². The van der Waals surface area contributed by atoms with E-state index in [0.29, 0.717) is 25.1 Å². The molecule has 2 aromatic rings. The van der Waals surface area contributed by atoms with Crippen molar-refractivity contribution in [2.45, 2.75) is 18.9 Å². The lowest BCUT2D eigenvalue weighted by Gasteiger charge is -2.18. The normalized spacial score (nSPS) is 11.1. The first kappa shape index (κ1) is 22.2. The topological polar surface area (TPSA) is 146 Å². The molecular weight excluding hydrogens is 368 g/mol. The van der Waals surface area contributed by atoms with Crippen LogP contribution in [0.5, 0.6) is 0 Å². The number of fused-ring (bicyclic) bond motifs is 1. The van der Waals surface area contributed by atoms with E-state index in [4.69, 9.17) is 16.9 Å². The zero-order valence-electron chi connectivity index (χ0n) is 14.8. The summed E-state index contributed by atoms with van der Waals surface area (Å²) in [4.78, 5) is 24.2. The molecule has 0 heterocycles. The summed E-state index contributed by atoms with van der Waals surface area (Å²) >= 11 is 0. The molecule has 0 spiro atoms. The van der Waals surface area contributed by atoms with Gasteiger partial charge in [-0.15, -0.1) is 12.4 Å². The van der Waals surface area contributed by atoms with E-state index >= 15 is 0 Å². The van der Waals surface area contributed by atoms with Gasteiger partial charge in [0, 0.05) is 12.2 Å². The Hall–Kier alpha value is -2.84. The summed E-state index contributed by atoms with van der Waals surface area (Å²) in [6, 6.07) is 12.8. The molecular formula is C18H25ClN6O2. The Labute approximate surface area is 164 Å². The van der Waals surface area contributed by atoms with Crippen LogP contribution in [-0.4, -0.2) is 36.9 Å². The number of halogens is 1. The molecule has 27 heavy (non-hydrogen) atoms. The van der Waals surface area contributed by atoms with Gasteiger partial charge in [0.05, 0.1) is 6.54 Å². The van der Waals surface area contributed by atoms with Crippen LogP contribution in [0, 0.1) is 5.41 Å². The van der Waals surface area contributed by atoms with Crippen LogP contribution >= 0.6 is 12.4 Å². The number of anilines is 1. The molecule has 0 aliphatic rings. The molecule has 2 rings (SSSR count). The van der Waals surface area contributed by atoms with Gasteiger partial charge in [-0.05, 0) is 35.7 Å². The van der Waals surface area contributed by atoms with Crippen molar-refractivity contribution in [2.24, 2.45) is 11.5 Å². The molecule has 0 aliphatic heterocycles. The van der Waals surface area contributed by atoms with Crippen LogP contribution in [0.4, 0.5) is 5.69 Å². The Morgan fingerprint density at radius 3 is 2.48 bits per heavy atom. The smallest absolute Gasteiger partial charge is 0.246 e. The van der Waals surface area contributed by atoms with Gasteiger partial charge in [-0.3, -0.25) is 15.0 Å². The maximum Gasteiger partial charge on any atom is 0.246 e. The van der Waals surface area contributed by atoms with Crippen LogP contribution < -0.4 is 27.4 Å². The standard InChI is InChI=1S/C18H24N6O2.ClH/c19-11-16(25)24-15(6-3-9-22-18(20)21)17(26)23-14-8-7-12-4-1-2-5-13(12)10-14;/h1-2,4-5,7-8,10,15H,3,6,9,11,19H2,(H,23,26)(H,24,25)(H4,20,21,22);1H/t15-;/m0./s1. The summed E-state index contributed by atoms with van der Waals surface area (Å²) in [6.07, 6.45) is 0.950. The van der Waals surface area contributed by atoms with E-state index in [1.165, 1.54) is 0 Å². The molecule has 0 saturated carbocycles. The van der Waals surface area contributed by atoms with Crippen molar-refractivity contribution in [3.05, 3.63) is 42.5 Å². The van der Waals surface area contributed by atoms with Crippen molar-refractivity contribution in [1.29, 1.82) is 5.41 Å². The van der Waals surface area contributed by atoms with E-state index in [0.717, 1.165) is 10.8 Å².